The zero-order chi connectivity index (χ0) is 25.5. The van der Waals surface area contributed by atoms with Crippen LogP contribution in [0.5, 0.6) is 0 Å². The lowest BCUT2D eigenvalue weighted by Gasteiger charge is -2.31. The monoisotopic (exact) mass is 470 g/mol. The van der Waals surface area contributed by atoms with Crippen LogP contribution in [-0.2, 0) is 11.2 Å². The number of nitrogens with one attached hydrogen (secondary N) is 2. The normalized spacial score (nSPS) is 18.5. The molecule has 0 bridgehead atoms. The molecule has 34 heavy (non-hydrogen) atoms. The van der Waals surface area contributed by atoms with Crippen molar-refractivity contribution in [3.8, 4) is 6.07 Å². The second-order valence-electron chi connectivity index (χ2n) is 10.7. The van der Waals surface area contributed by atoms with Crippen LogP contribution in [0.25, 0.3) is 0 Å². The molecule has 2 rings (SSSR count). The number of urea groups is 1. The molecular weight excluding hydrogens is 431 g/mol. The molecule has 1 saturated heterocycles. The third-order valence-electron chi connectivity index (χ3n) is 6.32. The molecule has 0 radical (unpaired) electrons. The van der Waals surface area contributed by atoms with Crippen molar-refractivity contribution in [3.05, 3.63) is 35.4 Å². The van der Waals surface area contributed by atoms with Crippen LogP contribution in [0.3, 0.4) is 0 Å². The molecule has 1 aliphatic heterocycles. The summed E-state index contributed by atoms with van der Waals surface area (Å²) in [4.78, 5) is 27.4. The van der Waals surface area contributed by atoms with E-state index in [-0.39, 0.29) is 36.2 Å². The van der Waals surface area contributed by atoms with Gasteiger partial charge >= 0.3 is 13.1 Å². The van der Waals surface area contributed by atoms with Gasteiger partial charge in [0.2, 0.25) is 5.91 Å². The minimum atomic E-state index is -1.71. The number of benzene rings is 1. The van der Waals surface area contributed by atoms with Gasteiger partial charge in [-0.25, -0.2) is 4.79 Å². The second-order valence-corrected chi connectivity index (χ2v) is 10.7. The first-order valence-corrected chi connectivity index (χ1v) is 12.1. The summed E-state index contributed by atoms with van der Waals surface area (Å²) >= 11 is 0. The minimum absolute atomic E-state index is 0.0191. The maximum Gasteiger partial charge on any atom is 0.475 e. The van der Waals surface area contributed by atoms with E-state index in [1.807, 2.05) is 38.1 Å². The summed E-state index contributed by atoms with van der Waals surface area (Å²) in [6, 6.07) is 9.12. The molecule has 4 N–H and O–H groups in total. The molecule has 0 saturated carbocycles. The van der Waals surface area contributed by atoms with E-state index >= 15 is 0 Å². The molecule has 0 aliphatic carbocycles. The van der Waals surface area contributed by atoms with Gasteiger partial charge in [-0.15, -0.1) is 0 Å². The van der Waals surface area contributed by atoms with Gasteiger partial charge in [0.1, 0.15) is 5.92 Å². The predicted octanol–water partition coefficient (Wildman–Crippen LogP) is 2.42. The van der Waals surface area contributed by atoms with E-state index in [9.17, 15) is 24.9 Å². The van der Waals surface area contributed by atoms with E-state index in [0.717, 1.165) is 30.4 Å². The van der Waals surface area contributed by atoms with E-state index in [0.29, 0.717) is 6.54 Å². The summed E-state index contributed by atoms with van der Waals surface area (Å²) in [5.41, 5.74) is 1.99. The Hall–Kier alpha value is -2.57. The number of hydrogen-bond donors (Lipinski definition) is 4. The topological polar surface area (TPSA) is 126 Å². The molecule has 3 amide bonds. The van der Waals surface area contributed by atoms with Gasteiger partial charge in [0.05, 0.1) is 12.0 Å². The minimum Gasteiger partial charge on any atom is -0.426 e. The Bertz CT molecular complexity index is 863. The highest BCUT2D eigenvalue weighted by atomic mass is 16.4. The van der Waals surface area contributed by atoms with Gasteiger partial charge in [-0.2, -0.15) is 5.26 Å². The quantitative estimate of drug-likeness (QED) is 0.413. The van der Waals surface area contributed by atoms with Gasteiger partial charge in [-0.3, -0.25) is 4.79 Å². The summed E-state index contributed by atoms with van der Waals surface area (Å²) < 4.78 is 0. The van der Waals surface area contributed by atoms with E-state index in [4.69, 9.17) is 0 Å². The van der Waals surface area contributed by atoms with Gasteiger partial charge in [0, 0.05) is 19.1 Å². The number of hydrogen-bond acceptors (Lipinski definition) is 5. The zero-order valence-electron chi connectivity index (χ0n) is 21.0. The highest BCUT2D eigenvalue weighted by molar-refractivity contribution is 6.43. The van der Waals surface area contributed by atoms with E-state index in [1.54, 1.807) is 4.90 Å². The molecule has 0 spiro atoms. The number of rotatable bonds is 9. The average Bonchev–Trinajstić information content (AvgIpc) is 3.21. The summed E-state index contributed by atoms with van der Waals surface area (Å²) in [6.45, 7) is 11.0. The van der Waals surface area contributed by atoms with E-state index in [1.165, 1.54) is 0 Å². The Morgan fingerprint density at radius 1 is 1.26 bits per heavy atom. The predicted molar refractivity (Wildman–Crippen MR) is 132 cm³/mol. The van der Waals surface area contributed by atoms with Crippen LogP contribution in [0.1, 0.15) is 58.1 Å². The first-order valence-electron chi connectivity index (χ1n) is 12.1. The molecule has 1 aromatic rings. The summed E-state index contributed by atoms with van der Waals surface area (Å²) in [5, 5.41) is 34.5. The first kappa shape index (κ1) is 27.7. The summed E-state index contributed by atoms with van der Waals surface area (Å²) in [6.07, 6.45) is 2.60. The highest BCUT2D eigenvalue weighted by Gasteiger charge is 2.37. The van der Waals surface area contributed by atoms with Crippen LogP contribution in [0, 0.1) is 35.5 Å². The molecule has 4 atom stereocenters. The van der Waals surface area contributed by atoms with Crippen molar-refractivity contribution in [2.75, 3.05) is 13.1 Å². The number of amides is 3. The van der Waals surface area contributed by atoms with E-state index in [2.05, 4.69) is 37.5 Å². The Labute approximate surface area is 203 Å². The van der Waals surface area contributed by atoms with Crippen LogP contribution < -0.4 is 10.6 Å². The second kappa shape index (κ2) is 12.2. The zero-order valence-corrected chi connectivity index (χ0v) is 21.0. The maximum atomic E-state index is 13.2. The van der Waals surface area contributed by atoms with Crippen molar-refractivity contribution < 1.29 is 19.6 Å². The molecule has 2 unspecified atom stereocenters. The largest absolute Gasteiger partial charge is 0.475 e. The fraction of sp³-hybridized carbons (Fsp3) is 0.640. The Morgan fingerprint density at radius 3 is 2.47 bits per heavy atom. The number of aryl methyl sites for hydroxylation is 1. The van der Waals surface area contributed by atoms with Crippen molar-refractivity contribution >= 4 is 19.1 Å². The molecule has 1 fully saturated rings. The molecule has 186 valence electrons. The van der Waals surface area contributed by atoms with Gasteiger partial charge in [-0.05, 0) is 49.5 Å². The van der Waals surface area contributed by atoms with Crippen molar-refractivity contribution in [2.45, 2.75) is 72.3 Å². The fourth-order valence-electron chi connectivity index (χ4n) is 4.67. The molecule has 0 aromatic heterocycles. The lowest BCUT2D eigenvalue weighted by Crippen LogP contribution is -2.53. The maximum absolute atomic E-state index is 13.2. The van der Waals surface area contributed by atoms with Crippen LogP contribution in [-0.4, -0.2) is 59.1 Å². The Balaban J connectivity index is 1.93. The molecule has 1 heterocycles. The Kier molecular flexibility index (Phi) is 9.96. The van der Waals surface area contributed by atoms with Crippen molar-refractivity contribution in [2.24, 2.45) is 17.3 Å². The van der Waals surface area contributed by atoms with Crippen LogP contribution in [0.15, 0.2) is 24.3 Å². The molecule has 9 heteroatoms. The summed E-state index contributed by atoms with van der Waals surface area (Å²) in [5.74, 6) is -1.82. The van der Waals surface area contributed by atoms with Gasteiger partial charge < -0.3 is 25.6 Å². The smallest absolute Gasteiger partial charge is 0.426 e. The Morgan fingerprint density at radius 2 is 1.91 bits per heavy atom. The number of nitrogens with zero attached hydrogens (tertiary/aromatic N) is 2. The lowest BCUT2D eigenvalue weighted by atomic mass is 9.76. The third-order valence-corrected chi connectivity index (χ3v) is 6.32. The molecule has 8 nitrogen and oxygen atoms in total. The van der Waals surface area contributed by atoms with E-state index < -0.39 is 25.0 Å². The van der Waals surface area contributed by atoms with Gasteiger partial charge in [0.15, 0.2) is 0 Å². The van der Waals surface area contributed by atoms with Crippen molar-refractivity contribution in [1.82, 2.24) is 15.5 Å². The SMILES string of the molecule is Cc1ccc(C[C@H](NC(=O)NC[C@@H]2CCCN2C(=O)C(C#N)C(C)CC(C)(C)C)B(O)O)cc1. The van der Waals surface area contributed by atoms with Crippen LogP contribution >= 0.6 is 0 Å². The number of carbonyl (C=O) groups excluding carboxylic acids is 2. The third kappa shape index (κ3) is 8.34. The highest BCUT2D eigenvalue weighted by Crippen LogP contribution is 2.31. The van der Waals surface area contributed by atoms with Gasteiger partial charge in [-0.1, -0.05) is 57.5 Å². The lowest BCUT2D eigenvalue weighted by molar-refractivity contribution is -0.136. The molecule has 1 aromatic carbocycles. The number of likely N-dealkylation sites (tertiary alicyclic amines) is 1. The fourth-order valence-corrected chi connectivity index (χ4v) is 4.67. The average molecular weight is 470 g/mol. The molecule has 1 aliphatic rings. The number of nitriles is 1. The van der Waals surface area contributed by atoms with Crippen LogP contribution in [0.4, 0.5) is 4.79 Å². The van der Waals surface area contributed by atoms with Gasteiger partial charge in [0.25, 0.3) is 0 Å². The molecular formula is C25H39BN4O4. The van der Waals surface area contributed by atoms with Crippen LogP contribution in [0.2, 0.25) is 0 Å². The van der Waals surface area contributed by atoms with Crippen molar-refractivity contribution in [1.29, 1.82) is 5.26 Å². The van der Waals surface area contributed by atoms with Crippen molar-refractivity contribution in [3.63, 3.8) is 0 Å². The summed E-state index contributed by atoms with van der Waals surface area (Å²) in [7, 11) is -1.71. The number of carbonyl (C=O) groups is 2. The first-order chi connectivity index (χ1) is 15.9. The standard InChI is InChI=1S/C25H39BN4O4/c1-17-8-10-19(11-9-17)13-22(26(33)34)29-24(32)28-16-20-7-6-12-30(20)23(31)21(15-27)18(2)14-25(3,4)5/h8-11,18,20-22,33-34H,6-7,12-14,16H2,1-5H3,(H2,28,29,32)/t18?,20-,21?,22-/m0/s1.